The lowest BCUT2D eigenvalue weighted by Crippen LogP contribution is -2.47. The van der Waals surface area contributed by atoms with Gasteiger partial charge in [-0.1, -0.05) is 11.6 Å². The molecule has 1 aromatic rings. The van der Waals surface area contributed by atoms with Gasteiger partial charge in [-0.05, 0) is 18.0 Å². The van der Waals surface area contributed by atoms with Crippen molar-refractivity contribution in [2.75, 3.05) is 5.32 Å². The molecule has 1 aromatic heterocycles. The summed E-state index contributed by atoms with van der Waals surface area (Å²) < 4.78 is 0. The fourth-order valence-corrected chi connectivity index (χ4v) is 1.72. The van der Waals surface area contributed by atoms with E-state index in [1.165, 1.54) is 6.20 Å². The second-order valence-corrected chi connectivity index (χ2v) is 4.23. The SMILES string of the molecule is O=C1CCC(Nc2nc(Cl)ncc2Cl)C(=O)N1. The zero-order chi connectivity index (χ0) is 12.4. The molecule has 1 atom stereocenters. The number of hydrogen-bond acceptors (Lipinski definition) is 5. The number of anilines is 1. The van der Waals surface area contributed by atoms with Crippen LogP contribution in [0, 0.1) is 0 Å². The van der Waals surface area contributed by atoms with E-state index in [1.54, 1.807) is 0 Å². The third-order valence-electron chi connectivity index (χ3n) is 2.26. The van der Waals surface area contributed by atoms with Crippen molar-refractivity contribution in [1.29, 1.82) is 0 Å². The molecule has 1 saturated heterocycles. The van der Waals surface area contributed by atoms with Crippen LogP contribution in [0.4, 0.5) is 5.82 Å². The normalized spacial score (nSPS) is 20.0. The molecular weight excluding hydrogens is 267 g/mol. The number of nitrogens with one attached hydrogen (secondary N) is 2. The van der Waals surface area contributed by atoms with Crippen LogP contribution in [0.3, 0.4) is 0 Å². The molecule has 2 N–H and O–H groups in total. The maximum atomic E-state index is 11.5. The number of halogens is 2. The second-order valence-electron chi connectivity index (χ2n) is 3.48. The fourth-order valence-electron chi connectivity index (χ4n) is 1.44. The smallest absolute Gasteiger partial charge is 0.249 e. The van der Waals surface area contributed by atoms with Gasteiger partial charge in [-0.3, -0.25) is 14.9 Å². The Labute approximate surface area is 107 Å². The molecule has 1 unspecified atom stereocenters. The van der Waals surface area contributed by atoms with Crippen molar-refractivity contribution in [2.24, 2.45) is 0 Å². The average molecular weight is 275 g/mol. The number of carbonyl (C=O) groups excluding carboxylic acids is 2. The van der Waals surface area contributed by atoms with Crippen LogP contribution in [0.1, 0.15) is 12.8 Å². The maximum Gasteiger partial charge on any atom is 0.249 e. The Kier molecular flexibility index (Phi) is 3.44. The van der Waals surface area contributed by atoms with Gasteiger partial charge in [-0.25, -0.2) is 4.98 Å². The summed E-state index contributed by atoms with van der Waals surface area (Å²) in [6.45, 7) is 0. The lowest BCUT2D eigenvalue weighted by atomic mass is 10.1. The quantitative estimate of drug-likeness (QED) is 0.621. The Morgan fingerprint density at radius 2 is 2.18 bits per heavy atom. The van der Waals surface area contributed by atoms with Crippen molar-refractivity contribution in [2.45, 2.75) is 18.9 Å². The van der Waals surface area contributed by atoms with Gasteiger partial charge in [0.1, 0.15) is 11.1 Å². The van der Waals surface area contributed by atoms with Crippen LogP contribution >= 0.6 is 23.2 Å². The van der Waals surface area contributed by atoms with Crippen LogP contribution in [0.2, 0.25) is 10.3 Å². The van der Waals surface area contributed by atoms with Gasteiger partial charge in [0.2, 0.25) is 17.1 Å². The highest BCUT2D eigenvalue weighted by Crippen LogP contribution is 2.21. The second kappa shape index (κ2) is 4.85. The predicted octanol–water partition coefficient (Wildman–Crippen LogP) is 1.00. The first-order valence-corrected chi connectivity index (χ1v) is 5.60. The van der Waals surface area contributed by atoms with Crippen LogP contribution in [-0.4, -0.2) is 27.8 Å². The van der Waals surface area contributed by atoms with E-state index in [2.05, 4.69) is 20.6 Å². The molecule has 6 nitrogen and oxygen atoms in total. The molecule has 0 bridgehead atoms. The number of aromatic nitrogens is 2. The zero-order valence-corrected chi connectivity index (χ0v) is 10.0. The number of nitrogens with zero attached hydrogens (tertiary/aromatic N) is 2. The minimum absolute atomic E-state index is 0.0317. The van der Waals surface area contributed by atoms with Gasteiger partial charge in [-0.15, -0.1) is 0 Å². The maximum absolute atomic E-state index is 11.5. The third kappa shape index (κ3) is 2.83. The molecule has 2 rings (SSSR count). The molecule has 1 aliphatic heterocycles. The Morgan fingerprint density at radius 3 is 2.88 bits per heavy atom. The van der Waals surface area contributed by atoms with Crippen molar-refractivity contribution in [1.82, 2.24) is 15.3 Å². The average Bonchev–Trinajstić information content (AvgIpc) is 2.27. The number of imide groups is 1. The number of rotatable bonds is 2. The molecule has 0 spiro atoms. The van der Waals surface area contributed by atoms with Gasteiger partial charge in [-0.2, -0.15) is 4.98 Å². The van der Waals surface area contributed by atoms with Crippen molar-refractivity contribution < 1.29 is 9.59 Å². The van der Waals surface area contributed by atoms with E-state index in [9.17, 15) is 9.59 Å². The van der Waals surface area contributed by atoms with Crippen LogP contribution in [0.15, 0.2) is 6.20 Å². The summed E-state index contributed by atoms with van der Waals surface area (Å²) in [4.78, 5) is 30.0. The first-order valence-electron chi connectivity index (χ1n) is 4.84. The summed E-state index contributed by atoms with van der Waals surface area (Å²) in [5, 5.41) is 5.35. The molecule has 90 valence electrons. The van der Waals surface area contributed by atoms with Crippen LogP contribution in [0.25, 0.3) is 0 Å². The summed E-state index contributed by atoms with van der Waals surface area (Å²) in [7, 11) is 0. The van der Waals surface area contributed by atoms with Crippen LogP contribution in [0.5, 0.6) is 0 Å². The zero-order valence-electron chi connectivity index (χ0n) is 8.54. The monoisotopic (exact) mass is 274 g/mol. The minimum Gasteiger partial charge on any atom is -0.357 e. The summed E-state index contributed by atoms with van der Waals surface area (Å²) >= 11 is 11.5. The van der Waals surface area contributed by atoms with E-state index in [0.717, 1.165) is 0 Å². The standard InChI is InChI=1S/C9H8Cl2N4O2/c10-4-3-12-9(11)15-7(4)13-5-1-2-6(16)14-8(5)17/h3,5H,1-2H2,(H,12,13,15)(H,14,16,17). The van der Waals surface area contributed by atoms with E-state index in [4.69, 9.17) is 23.2 Å². The van der Waals surface area contributed by atoms with Gasteiger partial charge < -0.3 is 5.32 Å². The molecule has 1 fully saturated rings. The van der Waals surface area contributed by atoms with E-state index >= 15 is 0 Å². The number of carbonyl (C=O) groups is 2. The largest absolute Gasteiger partial charge is 0.357 e. The topological polar surface area (TPSA) is 84.0 Å². The van der Waals surface area contributed by atoms with Gasteiger partial charge >= 0.3 is 0 Å². The predicted molar refractivity (Wildman–Crippen MR) is 61.8 cm³/mol. The minimum atomic E-state index is -0.545. The highest BCUT2D eigenvalue weighted by Gasteiger charge is 2.27. The van der Waals surface area contributed by atoms with Crippen molar-refractivity contribution in [3.63, 3.8) is 0 Å². The number of hydrogen-bond donors (Lipinski definition) is 2. The Balaban J connectivity index is 2.13. The highest BCUT2D eigenvalue weighted by atomic mass is 35.5. The molecule has 0 radical (unpaired) electrons. The molecule has 8 heteroatoms. The van der Waals surface area contributed by atoms with E-state index < -0.39 is 11.9 Å². The first kappa shape index (κ1) is 12.1. The Bertz CT molecular complexity index is 480. The molecule has 17 heavy (non-hydrogen) atoms. The van der Waals surface area contributed by atoms with E-state index in [-0.39, 0.29) is 28.5 Å². The van der Waals surface area contributed by atoms with Crippen LogP contribution in [-0.2, 0) is 9.59 Å². The molecule has 0 aromatic carbocycles. The highest BCUT2D eigenvalue weighted by molar-refractivity contribution is 6.33. The van der Waals surface area contributed by atoms with E-state index in [1.807, 2.05) is 0 Å². The summed E-state index contributed by atoms with van der Waals surface area (Å²) in [5.41, 5.74) is 0. The van der Waals surface area contributed by atoms with E-state index in [0.29, 0.717) is 6.42 Å². The summed E-state index contributed by atoms with van der Waals surface area (Å²) in [5.74, 6) is -0.395. The summed E-state index contributed by atoms with van der Waals surface area (Å²) in [6, 6.07) is -0.545. The fraction of sp³-hybridized carbons (Fsp3) is 0.333. The van der Waals surface area contributed by atoms with Crippen molar-refractivity contribution in [3.05, 3.63) is 16.5 Å². The van der Waals surface area contributed by atoms with Gasteiger partial charge in [0.15, 0.2) is 5.82 Å². The van der Waals surface area contributed by atoms with Gasteiger partial charge in [0.25, 0.3) is 0 Å². The lowest BCUT2D eigenvalue weighted by molar-refractivity contribution is -0.133. The number of piperidine rings is 1. The van der Waals surface area contributed by atoms with Crippen molar-refractivity contribution in [3.8, 4) is 0 Å². The van der Waals surface area contributed by atoms with Crippen LogP contribution < -0.4 is 10.6 Å². The molecular formula is C9H8Cl2N4O2. The van der Waals surface area contributed by atoms with Gasteiger partial charge in [0.05, 0.1) is 6.20 Å². The molecule has 0 saturated carbocycles. The summed E-state index contributed by atoms with van der Waals surface area (Å²) in [6.07, 6.45) is 2.01. The van der Waals surface area contributed by atoms with Gasteiger partial charge in [0, 0.05) is 6.42 Å². The molecule has 0 aliphatic carbocycles. The molecule has 2 heterocycles. The molecule has 1 aliphatic rings. The Morgan fingerprint density at radius 1 is 1.41 bits per heavy atom. The number of amides is 2. The molecule has 2 amide bonds. The Hall–Kier alpha value is -1.40. The van der Waals surface area contributed by atoms with Crippen molar-refractivity contribution >= 4 is 40.8 Å². The first-order chi connectivity index (χ1) is 8.06. The third-order valence-corrected chi connectivity index (χ3v) is 2.72. The lowest BCUT2D eigenvalue weighted by Gasteiger charge is -2.22.